The summed E-state index contributed by atoms with van der Waals surface area (Å²) in [5, 5.41) is 3.80. The monoisotopic (exact) mass is 393 g/mol. The normalized spacial score (nSPS) is 27.5. The summed E-state index contributed by atoms with van der Waals surface area (Å²) in [7, 11) is 0. The minimum Gasteiger partial charge on any atom is -0.442 e. The molecule has 0 aliphatic carbocycles. The lowest BCUT2D eigenvalue weighted by molar-refractivity contribution is -0.119. The zero-order valence-electron chi connectivity index (χ0n) is 15.3. The molecule has 3 aliphatic rings. The van der Waals surface area contributed by atoms with Gasteiger partial charge in [-0.05, 0) is 31.0 Å². The fraction of sp³-hybridized carbons (Fsp3) is 0.579. The summed E-state index contributed by atoms with van der Waals surface area (Å²) in [6.45, 7) is 3.72. The van der Waals surface area contributed by atoms with Gasteiger partial charge in [0.15, 0.2) is 0 Å². The van der Waals surface area contributed by atoms with Crippen molar-refractivity contribution in [3.05, 3.63) is 24.0 Å². The van der Waals surface area contributed by atoms with Gasteiger partial charge in [-0.25, -0.2) is 9.18 Å². The highest BCUT2D eigenvalue weighted by molar-refractivity contribution is 8.00. The summed E-state index contributed by atoms with van der Waals surface area (Å²) >= 11 is 2.04. The van der Waals surface area contributed by atoms with Crippen LogP contribution in [0.3, 0.4) is 0 Å². The van der Waals surface area contributed by atoms with E-state index < -0.39 is 12.2 Å². The molecule has 6 nitrogen and oxygen atoms in total. The van der Waals surface area contributed by atoms with E-state index in [0.29, 0.717) is 28.4 Å². The van der Waals surface area contributed by atoms with Gasteiger partial charge in [0.2, 0.25) is 5.91 Å². The molecule has 0 aromatic heterocycles. The SMILES string of the molecule is CC(=O)NC[C@H]1CN(c2ccc(N3CC4CCCC(C3)S4)c(F)c2)C(=O)O1. The highest BCUT2D eigenvalue weighted by Crippen LogP contribution is 2.39. The van der Waals surface area contributed by atoms with E-state index >= 15 is 0 Å². The number of hydrogen-bond donors (Lipinski definition) is 1. The van der Waals surface area contributed by atoms with E-state index in [2.05, 4.69) is 10.2 Å². The zero-order chi connectivity index (χ0) is 19.0. The highest BCUT2D eigenvalue weighted by Gasteiger charge is 2.34. The third-order valence-corrected chi connectivity index (χ3v) is 6.86. The summed E-state index contributed by atoms with van der Waals surface area (Å²) in [5.41, 5.74) is 1.09. The molecule has 3 saturated heterocycles. The van der Waals surface area contributed by atoms with Crippen LogP contribution in [-0.4, -0.2) is 54.8 Å². The van der Waals surface area contributed by atoms with Crippen LogP contribution in [0.15, 0.2) is 18.2 Å². The maximum Gasteiger partial charge on any atom is 0.414 e. The minimum absolute atomic E-state index is 0.177. The number of hydrogen-bond acceptors (Lipinski definition) is 5. The second-order valence-electron chi connectivity index (χ2n) is 7.41. The molecule has 3 aliphatic heterocycles. The van der Waals surface area contributed by atoms with E-state index in [4.69, 9.17) is 4.74 Å². The second-order valence-corrected chi connectivity index (χ2v) is 9.01. The molecule has 1 N–H and O–H groups in total. The summed E-state index contributed by atoms with van der Waals surface area (Å²) in [5.74, 6) is -0.486. The fourth-order valence-electron chi connectivity index (χ4n) is 4.03. The Kier molecular flexibility index (Phi) is 5.16. The number of ether oxygens (including phenoxy) is 1. The average molecular weight is 393 g/mol. The molecule has 4 rings (SSSR count). The Bertz CT molecular complexity index is 735. The first-order chi connectivity index (χ1) is 13.0. The van der Waals surface area contributed by atoms with E-state index in [0.717, 1.165) is 13.1 Å². The lowest BCUT2D eigenvalue weighted by atomic mass is 10.1. The summed E-state index contributed by atoms with van der Waals surface area (Å²) in [6, 6.07) is 4.96. The number of thioether (sulfide) groups is 1. The van der Waals surface area contributed by atoms with Gasteiger partial charge in [-0.1, -0.05) is 6.42 Å². The smallest absolute Gasteiger partial charge is 0.414 e. The first-order valence-corrected chi connectivity index (χ1v) is 10.4. The lowest BCUT2D eigenvalue weighted by Gasteiger charge is -2.42. The molecule has 3 atom stereocenters. The zero-order valence-corrected chi connectivity index (χ0v) is 16.1. The largest absolute Gasteiger partial charge is 0.442 e. The van der Waals surface area contributed by atoms with Crippen LogP contribution in [0, 0.1) is 5.82 Å². The van der Waals surface area contributed by atoms with Crippen molar-refractivity contribution in [3.63, 3.8) is 0 Å². The maximum absolute atomic E-state index is 14.9. The maximum atomic E-state index is 14.9. The van der Waals surface area contributed by atoms with Gasteiger partial charge in [-0.2, -0.15) is 11.8 Å². The van der Waals surface area contributed by atoms with Crippen molar-refractivity contribution in [1.82, 2.24) is 5.32 Å². The molecule has 2 amide bonds. The Hall–Kier alpha value is -1.96. The van der Waals surface area contributed by atoms with Gasteiger partial charge in [0.25, 0.3) is 0 Å². The molecule has 0 spiro atoms. The molecular weight excluding hydrogens is 369 g/mol. The predicted octanol–water partition coefficient (Wildman–Crippen LogP) is 2.76. The Balaban J connectivity index is 1.45. The van der Waals surface area contributed by atoms with Crippen molar-refractivity contribution < 1.29 is 18.7 Å². The number of benzene rings is 1. The van der Waals surface area contributed by atoms with Crippen molar-refractivity contribution in [2.45, 2.75) is 42.8 Å². The Morgan fingerprint density at radius 3 is 2.70 bits per heavy atom. The number of amides is 2. The molecular formula is C19H24FN3O3S. The minimum atomic E-state index is -0.513. The lowest BCUT2D eigenvalue weighted by Crippen LogP contribution is -2.45. The molecule has 0 radical (unpaired) electrons. The van der Waals surface area contributed by atoms with Crippen LogP contribution in [-0.2, 0) is 9.53 Å². The van der Waals surface area contributed by atoms with Crippen LogP contribution >= 0.6 is 11.8 Å². The molecule has 27 heavy (non-hydrogen) atoms. The first-order valence-electron chi connectivity index (χ1n) is 9.42. The van der Waals surface area contributed by atoms with Crippen LogP contribution in [0.4, 0.5) is 20.6 Å². The molecule has 3 heterocycles. The number of fused-ring (bicyclic) bond motifs is 2. The van der Waals surface area contributed by atoms with Gasteiger partial charge in [-0.15, -0.1) is 0 Å². The number of rotatable bonds is 4. The Morgan fingerprint density at radius 2 is 2.04 bits per heavy atom. The van der Waals surface area contributed by atoms with Crippen molar-refractivity contribution in [3.8, 4) is 0 Å². The van der Waals surface area contributed by atoms with E-state index in [1.807, 2.05) is 11.8 Å². The number of anilines is 2. The quantitative estimate of drug-likeness (QED) is 0.852. The highest BCUT2D eigenvalue weighted by atomic mass is 32.2. The Morgan fingerprint density at radius 1 is 1.30 bits per heavy atom. The first kappa shape index (κ1) is 18.4. The van der Waals surface area contributed by atoms with Crippen LogP contribution in [0.1, 0.15) is 26.2 Å². The van der Waals surface area contributed by atoms with Crippen molar-refractivity contribution in [2.75, 3.05) is 36.0 Å². The van der Waals surface area contributed by atoms with E-state index in [1.165, 1.54) is 37.2 Å². The van der Waals surface area contributed by atoms with E-state index in [1.54, 1.807) is 12.1 Å². The molecule has 3 fully saturated rings. The average Bonchev–Trinajstić information content (AvgIpc) is 3.00. The standard InChI is InChI=1S/C19H24FN3O3S/c1-12(24)21-8-14-9-23(19(25)26-14)13-5-6-18(17(20)7-13)22-10-15-3-2-4-16(11-22)27-15/h5-7,14-16H,2-4,8-11H2,1H3,(H,21,24)/t14-,15?,16?/m0/s1. The molecule has 0 saturated carbocycles. The number of cyclic esters (lactones) is 1. The van der Waals surface area contributed by atoms with Gasteiger partial charge in [0, 0.05) is 30.5 Å². The van der Waals surface area contributed by atoms with E-state index in [-0.39, 0.29) is 18.3 Å². The van der Waals surface area contributed by atoms with Gasteiger partial charge in [0.1, 0.15) is 11.9 Å². The molecule has 146 valence electrons. The second kappa shape index (κ2) is 7.58. The topological polar surface area (TPSA) is 61.9 Å². The van der Waals surface area contributed by atoms with Crippen molar-refractivity contribution in [1.29, 1.82) is 0 Å². The van der Waals surface area contributed by atoms with Gasteiger partial charge in [-0.3, -0.25) is 9.69 Å². The van der Waals surface area contributed by atoms with Gasteiger partial charge < -0.3 is 15.0 Å². The third kappa shape index (κ3) is 4.00. The Labute approximate surface area is 162 Å². The molecule has 2 bridgehead atoms. The molecule has 2 unspecified atom stereocenters. The third-order valence-electron chi connectivity index (χ3n) is 5.32. The van der Waals surface area contributed by atoms with Crippen LogP contribution < -0.4 is 15.1 Å². The van der Waals surface area contributed by atoms with Gasteiger partial charge >= 0.3 is 6.09 Å². The fourth-order valence-corrected chi connectivity index (χ4v) is 5.71. The predicted molar refractivity (Wildman–Crippen MR) is 104 cm³/mol. The molecule has 8 heteroatoms. The molecule has 1 aromatic rings. The number of carbonyl (C=O) groups excluding carboxylic acids is 2. The number of nitrogens with one attached hydrogen (secondary N) is 1. The van der Waals surface area contributed by atoms with Crippen LogP contribution in [0.25, 0.3) is 0 Å². The number of carbonyl (C=O) groups is 2. The summed E-state index contributed by atoms with van der Waals surface area (Å²) in [4.78, 5) is 26.7. The van der Waals surface area contributed by atoms with Crippen LogP contribution in [0.5, 0.6) is 0 Å². The van der Waals surface area contributed by atoms with Crippen molar-refractivity contribution in [2.24, 2.45) is 0 Å². The molecule has 1 aromatic carbocycles. The van der Waals surface area contributed by atoms with Crippen LogP contribution in [0.2, 0.25) is 0 Å². The number of halogens is 1. The van der Waals surface area contributed by atoms with E-state index in [9.17, 15) is 14.0 Å². The summed E-state index contributed by atoms with van der Waals surface area (Å²) in [6.07, 6.45) is 2.73. The number of nitrogens with zero attached hydrogens (tertiary/aromatic N) is 2. The summed E-state index contributed by atoms with van der Waals surface area (Å²) < 4.78 is 20.1. The van der Waals surface area contributed by atoms with Crippen molar-refractivity contribution >= 4 is 35.1 Å². The van der Waals surface area contributed by atoms with Gasteiger partial charge in [0.05, 0.1) is 24.5 Å².